The molecular formula is C36H47ClN2O9. The third-order valence-electron chi connectivity index (χ3n) is 8.20. The van der Waals surface area contributed by atoms with Crippen molar-refractivity contribution >= 4 is 35.4 Å². The highest BCUT2D eigenvalue weighted by atomic mass is 35.5. The van der Waals surface area contributed by atoms with Crippen LogP contribution in [0.3, 0.4) is 0 Å². The number of aliphatic hydroxyl groups excluding tert-OH is 1. The van der Waals surface area contributed by atoms with Crippen molar-refractivity contribution in [3.8, 4) is 5.75 Å². The molecule has 1 heterocycles. The summed E-state index contributed by atoms with van der Waals surface area (Å²) in [7, 11) is 2.97. The van der Waals surface area contributed by atoms with Crippen LogP contribution in [-0.4, -0.2) is 74.0 Å². The van der Waals surface area contributed by atoms with E-state index in [9.17, 15) is 24.3 Å². The van der Waals surface area contributed by atoms with Gasteiger partial charge in [-0.05, 0) is 41.7 Å². The van der Waals surface area contributed by atoms with E-state index in [1.54, 1.807) is 32.0 Å². The normalized spacial score (nSPS) is 24.0. The van der Waals surface area contributed by atoms with Crippen LogP contribution in [0.2, 0.25) is 5.02 Å². The molecule has 0 spiro atoms. The molecule has 0 aliphatic carbocycles. The van der Waals surface area contributed by atoms with Gasteiger partial charge < -0.3 is 34.7 Å². The minimum atomic E-state index is -1.22. The van der Waals surface area contributed by atoms with Crippen LogP contribution < -0.4 is 15.4 Å². The first-order valence-electron chi connectivity index (χ1n) is 16.1. The van der Waals surface area contributed by atoms with Crippen LogP contribution in [-0.2, 0) is 39.8 Å². The monoisotopic (exact) mass is 686 g/mol. The molecule has 2 aromatic rings. The lowest BCUT2D eigenvalue weighted by molar-refractivity contribution is -0.178. The molecule has 0 radical (unpaired) electrons. The van der Waals surface area contributed by atoms with Crippen molar-refractivity contribution in [1.82, 2.24) is 10.6 Å². The minimum absolute atomic E-state index is 0.0239. The summed E-state index contributed by atoms with van der Waals surface area (Å²) >= 11 is 6.30. The first kappa shape index (κ1) is 38.5. The van der Waals surface area contributed by atoms with Crippen molar-refractivity contribution in [3.05, 3.63) is 76.8 Å². The third kappa shape index (κ3) is 11.1. The molecule has 0 aromatic heterocycles. The fraction of sp³-hybridized carbons (Fsp3) is 0.500. The summed E-state index contributed by atoms with van der Waals surface area (Å²) < 4.78 is 22.4. The number of amides is 2. The number of hydrogen-bond donors (Lipinski definition) is 3. The van der Waals surface area contributed by atoms with Crippen molar-refractivity contribution in [2.24, 2.45) is 17.8 Å². The fourth-order valence-corrected chi connectivity index (χ4v) is 5.63. The third-order valence-corrected chi connectivity index (χ3v) is 8.50. The maximum atomic E-state index is 13.5. The molecule has 11 nitrogen and oxygen atoms in total. The van der Waals surface area contributed by atoms with Crippen molar-refractivity contribution in [2.75, 3.05) is 20.8 Å². The predicted molar refractivity (Wildman–Crippen MR) is 180 cm³/mol. The van der Waals surface area contributed by atoms with Crippen molar-refractivity contribution in [2.45, 2.75) is 77.4 Å². The fourth-order valence-electron chi connectivity index (χ4n) is 5.35. The summed E-state index contributed by atoms with van der Waals surface area (Å²) in [4.78, 5) is 53.1. The summed E-state index contributed by atoms with van der Waals surface area (Å²) in [6.45, 7) is 6.95. The molecule has 12 heteroatoms. The van der Waals surface area contributed by atoms with Gasteiger partial charge in [-0.1, -0.05) is 81.8 Å². The Morgan fingerprint density at radius 1 is 1.00 bits per heavy atom. The lowest BCUT2D eigenvalue weighted by Gasteiger charge is -2.33. The van der Waals surface area contributed by atoms with Gasteiger partial charge in [-0.15, -0.1) is 0 Å². The maximum absolute atomic E-state index is 13.5. The Hall–Kier alpha value is -3.93. The molecule has 3 rings (SSSR count). The van der Waals surface area contributed by atoms with E-state index in [-0.39, 0.29) is 31.7 Å². The van der Waals surface area contributed by atoms with E-state index in [2.05, 4.69) is 10.6 Å². The zero-order chi connectivity index (χ0) is 35.4. The molecule has 0 fully saturated rings. The van der Waals surface area contributed by atoms with Crippen LogP contribution in [0.25, 0.3) is 0 Å². The Labute approximate surface area is 287 Å². The number of benzene rings is 2. The number of rotatable bonds is 10. The summed E-state index contributed by atoms with van der Waals surface area (Å²) in [6, 6.07) is 13.2. The number of halogens is 1. The van der Waals surface area contributed by atoms with E-state index in [1.807, 2.05) is 44.2 Å². The van der Waals surface area contributed by atoms with Gasteiger partial charge in [0.15, 0.2) is 6.10 Å². The van der Waals surface area contributed by atoms with Crippen LogP contribution in [0.1, 0.15) is 57.8 Å². The quantitative estimate of drug-likeness (QED) is 0.310. The van der Waals surface area contributed by atoms with E-state index in [0.29, 0.717) is 16.3 Å². The number of esters is 2. The zero-order valence-electron chi connectivity index (χ0n) is 28.3. The standard InChI is InChI=1S/C36H47ClN2O9/c1-21(2)17-30-36(44)47-28(23(4)32(41)33(46-6)25-11-8-7-9-12-25)13-10-14-31(40)39-27(34(42)38-20-22(3)35(43)48-30)19-24-15-16-29(45-5)26(37)18-24/h7-12,14-16,18,21-23,27-28,30,32-33,41H,13,17,19-20H2,1-6H3,(H,38,42)(H,39,40)/b14-10+/t22-,23+,27+,28+,30+,32-,33+/m1/s1. The maximum Gasteiger partial charge on any atom is 0.347 e. The number of ether oxygens (including phenoxy) is 4. The van der Waals surface area contributed by atoms with Crippen molar-refractivity contribution in [3.63, 3.8) is 0 Å². The minimum Gasteiger partial charge on any atom is -0.495 e. The highest BCUT2D eigenvalue weighted by Gasteiger charge is 2.36. The number of methoxy groups -OCH3 is 2. The first-order valence-corrected chi connectivity index (χ1v) is 16.5. The molecule has 2 amide bonds. The van der Waals surface area contributed by atoms with Gasteiger partial charge in [0.05, 0.1) is 24.2 Å². The SMILES string of the molecule is COc1ccc(C[C@@H]2NC(=O)/C=C/C[C@@H]([C@H](C)[C@@H](O)[C@@H](OC)c3ccccc3)OC(=O)[C@H](CC(C)C)OC(=O)[C@H](C)CNC2=O)cc1Cl. The Morgan fingerprint density at radius 2 is 1.71 bits per heavy atom. The first-order chi connectivity index (χ1) is 22.8. The number of aliphatic hydroxyl groups is 1. The molecule has 0 saturated heterocycles. The number of carbonyl (C=O) groups excluding carboxylic acids is 4. The second kappa shape index (κ2) is 18.6. The molecule has 48 heavy (non-hydrogen) atoms. The van der Waals surface area contributed by atoms with Gasteiger partial charge in [0.2, 0.25) is 11.8 Å². The van der Waals surface area contributed by atoms with Gasteiger partial charge >= 0.3 is 11.9 Å². The Kier molecular flexibility index (Phi) is 14.9. The van der Waals surface area contributed by atoms with Crippen LogP contribution >= 0.6 is 11.6 Å². The molecular weight excluding hydrogens is 640 g/mol. The largest absolute Gasteiger partial charge is 0.495 e. The average Bonchev–Trinajstić information content (AvgIpc) is 3.05. The lowest BCUT2D eigenvalue weighted by Crippen LogP contribution is -2.49. The lowest BCUT2D eigenvalue weighted by atomic mass is 9.89. The summed E-state index contributed by atoms with van der Waals surface area (Å²) in [5, 5.41) is 17.2. The highest BCUT2D eigenvalue weighted by Crippen LogP contribution is 2.30. The van der Waals surface area contributed by atoms with Crippen LogP contribution in [0.5, 0.6) is 5.75 Å². The molecule has 1 aliphatic heterocycles. The Balaban J connectivity index is 1.94. The zero-order valence-corrected chi connectivity index (χ0v) is 29.1. The number of hydrogen-bond acceptors (Lipinski definition) is 9. The molecule has 1 aliphatic rings. The summed E-state index contributed by atoms with van der Waals surface area (Å²) in [6.07, 6.45) is -0.897. The molecule has 7 atom stereocenters. The van der Waals surface area contributed by atoms with Crippen molar-refractivity contribution < 1.29 is 43.2 Å². The van der Waals surface area contributed by atoms with Crippen LogP contribution in [0.4, 0.5) is 0 Å². The molecule has 3 N–H and O–H groups in total. The Morgan fingerprint density at radius 3 is 2.33 bits per heavy atom. The Bertz CT molecular complexity index is 1420. The molecule has 0 unspecified atom stereocenters. The van der Waals surface area contributed by atoms with Gasteiger partial charge in [-0.2, -0.15) is 0 Å². The highest BCUT2D eigenvalue weighted by molar-refractivity contribution is 6.32. The molecule has 2 aromatic carbocycles. The number of cyclic esters (lactones) is 2. The summed E-state index contributed by atoms with van der Waals surface area (Å²) in [5.74, 6) is -3.61. The van der Waals surface area contributed by atoms with Gasteiger partial charge in [0.1, 0.15) is 24.0 Å². The van der Waals surface area contributed by atoms with Crippen LogP contribution in [0.15, 0.2) is 60.7 Å². The average molecular weight is 687 g/mol. The molecule has 262 valence electrons. The van der Waals surface area contributed by atoms with E-state index < -0.39 is 66.0 Å². The number of nitrogens with one attached hydrogen (secondary N) is 2. The molecule has 0 saturated carbocycles. The van der Waals surface area contributed by atoms with E-state index >= 15 is 0 Å². The summed E-state index contributed by atoms with van der Waals surface area (Å²) in [5.41, 5.74) is 1.40. The predicted octanol–water partition coefficient (Wildman–Crippen LogP) is 4.34. The van der Waals surface area contributed by atoms with Gasteiger partial charge in [0.25, 0.3) is 0 Å². The second-order valence-electron chi connectivity index (χ2n) is 12.5. The van der Waals surface area contributed by atoms with Gasteiger partial charge in [-0.25, -0.2) is 4.79 Å². The molecule has 0 bridgehead atoms. The van der Waals surface area contributed by atoms with E-state index in [1.165, 1.54) is 26.4 Å². The number of carbonyl (C=O) groups is 4. The second-order valence-corrected chi connectivity index (χ2v) is 12.9. The smallest absolute Gasteiger partial charge is 0.347 e. The van der Waals surface area contributed by atoms with Crippen LogP contribution in [0, 0.1) is 17.8 Å². The topological polar surface area (TPSA) is 149 Å². The van der Waals surface area contributed by atoms with E-state index in [4.69, 9.17) is 30.5 Å². The van der Waals surface area contributed by atoms with Gasteiger partial charge in [0, 0.05) is 32.4 Å². The van der Waals surface area contributed by atoms with Gasteiger partial charge in [-0.3, -0.25) is 14.4 Å². The van der Waals surface area contributed by atoms with E-state index in [0.717, 1.165) is 5.56 Å². The van der Waals surface area contributed by atoms with Crippen molar-refractivity contribution in [1.29, 1.82) is 0 Å².